The summed E-state index contributed by atoms with van der Waals surface area (Å²) in [6.45, 7) is 0. The Kier molecular flexibility index (Phi) is 8.43. The van der Waals surface area contributed by atoms with Crippen LogP contribution < -0.4 is 4.90 Å². The van der Waals surface area contributed by atoms with Crippen LogP contribution in [0.25, 0.3) is 72.8 Å². The van der Waals surface area contributed by atoms with Crippen LogP contribution in [-0.2, 0) is 0 Å². The number of anilines is 3. The number of fused-ring (bicyclic) bond motifs is 3. The number of hydrogen-bond donors (Lipinski definition) is 0. The van der Waals surface area contributed by atoms with Crippen LogP contribution >= 0.6 is 0 Å². The fourth-order valence-electron chi connectivity index (χ4n) is 7.55. The lowest BCUT2D eigenvalue weighted by Crippen LogP contribution is -2.09. The highest BCUT2D eigenvalue weighted by Gasteiger charge is 2.18. The molecule has 2 heterocycles. The minimum Gasteiger partial charge on any atom is -0.311 e. The van der Waals surface area contributed by atoms with E-state index in [1.54, 1.807) is 0 Å². The van der Waals surface area contributed by atoms with Gasteiger partial charge in [-0.3, -0.25) is 4.57 Å². The molecule has 10 rings (SSSR count). The number of hydrogen-bond acceptors (Lipinski definition) is 4. The molecule has 0 spiro atoms. The second kappa shape index (κ2) is 14.3. The maximum Gasteiger partial charge on any atom is 0.238 e. The molecular weight excluding hydrogens is 683 g/mol. The van der Waals surface area contributed by atoms with Gasteiger partial charge in [0.25, 0.3) is 0 Å². The summed E-state index contributed by atoms with van der Waals surface area (Å²) in [6.07, 6.45) is 0. The van der Waals surface area contributed by atoms with Crippen molar-refractivity contribution in [2.24, 2.45) is 0 Å². The molecule has 5 nitrogen and oxygen atoms in total. The van der Waals surface area contributed by atoms with Crippen LogP contribution in [0, 0.1) is 0 Å². The molecule has 0 aliphatic rings. The van der Waals surface area contributed by atoms with Crippen molar-refractivity contribution < 1.29 is 0 Å². The molecule has 5 heteroatoms. The zero-order valence-corrected chi connectivity index (χ0v) is 30.4. The Morgan fingerprint density at radius 1 is 0.304 bits per heavy atom. The second-order valence-corrected chi connectivity index (χ2v) is 13.7. The fourth-order valence-corrected chi connectivity index (χ4v) is 7.55. The number of nitrogens with zero attached hydrogens (tertiary/aromatic N) is 5. The van der Waals surface area contributed by atoms with Crippen LogP contribution in [0.4, 0.5) is 17.1 Å². The molecule has 56 heavy (non-hydrogen) atoms. The van der Waals surface area contributed by atoms with E-state index in [1.807, 2.05) is 36.4 Å². The number of para-hydroxylation sites is 3. The topological polar surface area (TPSA) is 46.8 Å². The first-order chi connectivity index (χ1) is 27.8. The molecule has 264 valence electrons. The van der Waals surface area contributed by atoms with E-state index in [9.17, 15) is 0 Å². The largest absolute Gasteiger partial charge is 0.311 e. The maximum absolute atomic E-state index is 5.17. The molecular formula is C51H35N5. The van der Waals surface area contributed by atoms with Crippen molar-refractivity contribution in [3.63, 3.8) is 0 Å². The Bertz CT molecular complexity index is 2890. The van der Waals surface area contributed by atoms with Gasteiger partial charge in [0.15, 0.2) is 11.6 Å². The van der Waals surface area contributed by atoms with Crippen LogP contribution in [0.15, 0.2) is 212 Å². The molecule has 8 aromatic carbocycles. The van der Waals surface area contributed by atoms with Gasteiger partial charge in [-0.25, -0.2) is 4.98 Å². The van der Waals surface area contributed by atoms with Gasteiger partial charge in [-0.15, -0.1) is 0 Å². The van der Waals surface area contributed by atoms with Gasteiger partial charge in [-0.1, -0.05) is 158 Å². The van der Waals surface area contributed by atoms with Crippen molar-refractivity contribution in [3.8, 4) is 51.0 Å². The van der Waals surface area contributed by atoms with Crippen molar-refractivity contribution in [1.29, 1.82) is 0 Å². The highest BCUT2D eigenvalue weighted by atomic mass is 15.2. The molecule has 0 unspecified atom stereocenters. The summed E-state index contributed by atoms with van der Waals surface area (Å²) >= 11 is 0. The lowest BCUT2D eigenvalue weighted by molar-refractivity contribution is 0.953. The van der Waals surface area contributed by atoms with Crippen LogP contribution in [0.2, 0.25) is 0 Å². The van der Waals surface area contributed by atoms with E-state index >= 15 is 0 Å². The average molecular weight is 718 g/mol. The Hall–Kier alpha value is -7.63. The minimum atomic E-state index is 0.582. The van der Waals surface area contributed by atoms with E-state index < -0.39 is 0 Å². The van der Waals surface area contributed by atoms with Gasteiger partial charge < -0.3 is 4.90 Å². The van der Waals surface area contributed by atoms with Crippen LogP contribution in [0.3, 0.4) is 0 Å². The smallest absolute Gasteiger partial charge is 0.238 e. The molecule has 10 aromatic rings. The summed E-state index contributed by atoms with van der Waals surface area (Å²) in [5.41, 5.74) is 11.8. The monoisotopic (exact) mass is 717 g/mol. The van der Waals surface area contributed by atoms with Gasteiger partial charge in [-0.2, -0.15) is 9.97 Å². The number of rotatable bonds is 8. The van der Waals surface area contributed by atoms with Gasteiger partial charge >= 0.3 is 0 Å². The highest BCUT2D eigenvalue weighted by Crippen LogP contribution is 2.37. The molecule has 0 aliphatic carbocycles. The summed E-state index contributed by atoms with van der Waals surface area (Å²) in [6, 6.07) is 74.0. The van der Waals surface area contributed by atoms with Gasteiger partial charge in [-0.05, 0) is 76.9 Å². The summed E-state index contributed by atoms with van der Waals surface area (Å²) in [4.78, 5) is 17.6. The predicted octanol–water partition coefficient (Wildman–Crippen LogP) is 13.1. The Morgan fingerprint density at radius 2 is 0.714 bits per heavy atom. The Morgan fingerprint density at radius 3 is 1.30 bits per heavy atom. The molecule has 0 bridgehead atoms. The molecule has 0 aliphatic heterocycles. The van der Waals surface area contributed by atoms with E-state index in [-0.39, 0.29) is 0 Å². The Balaban J connectivity index is 1.04. The van der Waals surface area contributed by atoms with E-state index in [1.165, 1.54) is 11.1 Å². The predicted molar refractivity (Wildman–Crippen MR) is 231 cm³/mol. The first-order valence-corrected chi connectivity index (χ1v) is 18.8. The SMILES string of the molecule is c1ccc(-c2ccc(N(c3ccccc3)c3ccc(-c4cccc(-c5nc(-c6ccccc6)nc(-n6c7ccccc7c7ccccc76)n5)c4)cc3)cc2)cc1. The lowest BCUT2D eigenvalue weighted by Gasteiger charge is -2.26. The van der Waals surface area contributed by atoms with E-state index in [0.717, 1.165) is 61.1 Å². The summed E-state index contributed by atoms with van der Waals surface area (Å²) in [5, 5.41) is 2.32. The van der Waals surface area contributed by atoms with E-state index in [4.69, 9.17) is 15.0 Å². The molecule has 2 aromatic heterocycles. The zero-order valence-electron chi connectivity index (χ0n) is 30.4. The normalized spacial score (nSPS) is 11.2. The average Bonchev–Trinajstić information content (AvgIpc) is 3.62. The molecule has 0 saturated carbocycles. The fraction of sp³-hybridized carbons (Fsp3) is 0. The van der Waals surface area contributed by atoms with Crippen molar-refractivity contribution in [2.75, 3.05) is 4.90 Å². The van der Waals surface area contributed by atoms with Crippen molar-refractivity contribution in [1.82, 2.24) is 19.5 Å². The van der Waals surface area contributed by atoms with Crippen LogP contribution in [-0.4, -0.2) is 19.5 Å². The third-order valence-electron chi connectivity index (χ3n) is 10.3. The zero-order chi connectivity index (χ0) is 37.3. The van der Waals surface area contributed by atoms with Gasteiger partial charge in [0, 0.05) is 39.0 Å². The summed E-state index contributed by atoms with van der Waals surface area (Å²) in [5.74, 6) is 1.82. The van der Waals surface area contributed by atoms with Crippen LogP contribution in [0.1, 0.15) is 0 Å². The third kappa shape index (κ3) is 6.17. The third-order valence-corrected chi connectivity index (χ3v) is 10.3. The van der Waals surface area contributed by atoms with Gasteiger partial charge in [0.05, 0.1) is 11.0 Å². The van der Waals surface area contributed by atoms with Gasteiger partial charge in [0.2, 0.25) is 5.95 Å². The lowest BCUT2D eigenvalue weighted by atomic mass is 10.0. The van der Waals surface area contributed by atoms with Gasteiger partial charge in [0.1, 0.15) is 0 Å². The van der Waals surface area contributed by atoms with E-state index in [0.29, 0.717) is 17.6 Å². The van der Waals surface area contributed by atoms with Crippen LogP contribution in [0.5, 0.6) is 0 Å². The summed E-state index contributed by atoms with van der Waals surface area (Å²) in [7, 11) is 0. The van der Waals surface area contributed by atoms with Crippen molar-refractivity contribution >= 4 is 38.9 Å². The minimum absolute atomic E-state index is 0.582. The molecule has 0 fully saturated rings. The molecule has 0 atom stereocenters. The maximum atomic E-state index is 5.17. The number of aromatic nitrogens is 4. The van der Waals surface area contributed by atoms with Crippen molar-refractivity contribution in [2.45, 2.75) is 0 Å². The van der Waals surface area contributed by atoms with E-state index in [2.05, 4.69) is 185 Å². The molecule has 0 N–H and O–H groups in total. The molecule has 0 radical (unpaired) electrons. The first kappa shape index (κ1) is 33.0. The molecule has 0 saturated heterocycles. The first-order valence-electron chi connectivity index (χ1n) is 18.8. The quantitative estimate of drug-likeness (QED) is 0.157. The number of benzene rings is 8. The Labute approximate surface area is 325 Å². The summed E-state index contributed by atoms with van der Waals surface area (Å²) < 4.78 is 2.15. The molecule has 0 amide bonds. The highest BCUT2D eigenvalue weighted by molar-refractivity contribution is 6.09. The van der Waals surface area contributed by atoms with Crippen molar-refractivity contribution in [3.05, 3.63) is 212 Å². The standard InChI is InChI=1S/C51H35N5/c1-4-15-36(16-5-1)37-27-31-43(32-28-37)55(42-21-8-3-9-22-42)44-33-29-38(30-34-44)40-19-14-20-41(35-40)50-52-49(39-17-6-2-7-18-39)53-51(54-50)56-47-25-12-10-23-45(47)46-24-11-13-26-48(46)56/h1-35H. The second-order valence-electron chi connectivity index (χ2n) is 13.7.